The van der Waals surface area contributed by atoms with Crippen molar-refractivity contribution in [2.24, 2.45) is 0 Å². The number of carbonyl (C=O) groups is 4. The number of hydrogen-bond donors (Lipinski definition) is 4. The minimum atomic E-state index is -0.777. The van der Waals surface area contributed by atoms with E-state index in [0.717, 1.165) is 66.1 Å². The molecule has 3 heterocycles. The highest BCUT2D eigenvalue weighted by Crippen LogP contribution is 2.40. The molecule has 4 N–H and O–H groups in total. The number of carbonyl (C=O) groups excluding carboxylic acids is 4. The van der Waals surface area contributed by atoms with Crippen LogP contribution in [0, 0.1) is 0 Å². The van der Waals surface area contributed by atoms with Crippen LogP contribution in [0.5, 0.6) is 11.8 Å². The summed E-state index contributed by atoms with van der Waals surface area (Å²) in [5, 5.41) is 13.5. The summed E-state index contributed by atoms with van der Waals surface area (Å²) in [6.45, 7) is 7.67. The van der Waals surface area contributed by atoms with Crippen molar-refractivity contribution in [3.63, 3.8) is 0 Å². The second-order valence-corrected chi connectivity index (χ2v) is 16.6. The number of alkyl carbamates (subject to hydrolysis) is 1. The van der Waals surface area contributed by atoms with Gasteiger partial charge in [-0.1, -0.05) is 12.1 Å². The first-order valence-electron chi connectivity index (χ1n) is 21.4. The number of nitrogens with one attached hydrogen (secondary N) is 4. The Hall–Kier alpha value is -6.78. The molecule has 2 aromatic carbocycles. The van der Waals surface area contributed by atoms with E-state index in [1.54, 1.807) is 30.0 Å². The number of hydrogen-bond acceptors (Lipinski definition) is 14. The van der Waals surface area contributed by atoms with Gasteiger partial charge in [-0.2, -0.15) is 9.97 Å². The molecule has 3 aliphatic rings. The third kappa shape index (κ3) is 10.8. The molecule has 2 aliphatic carbocycles. The van der Waals surface area contributed by atoms with Gasteiger partial charge < -0.3 is 45.1 Å². The second-order valence-electron chi connectivity index (χ2n) is 16.6. The molecule has 0 saturated carbocycles. The van der Waals surface area contributed by atoms with Crippen LogP contribution in [-0.4, -0.2) is 91.7 Å². The fraction of sp³-hybridized carbons (Fsp3) is 0.435. The van der Waals surface area contributed by atoms with Gasteiger partial charge >= 0.3 is 18.2 Å². The van der Waals surface area contributed by atoms with Crippen molar-refractivity contribution in [3.8, 4) is 11.8 Å². The molecule has 4 aromatic rings. The fourth-order valence-electron chi connectivity index (χ4n) is 8.24. The molecule has 0 radical (unpaired) electrons. The first kappa shape index (κ1) is 44.3. The summed E-state index contributed by atoms with van der Waals surface area (Å²) in [7, 11) is 3.05. The van der Waals surface area contributed by atoms with Gasteiger partial charge in [-0.25, -0.2) is 14.4 Å². The number of benzene rings is 2. The lowest BCUT2D eigenvalue weighted by molar-refractivity contribution is -0.180. The molecule has 17 heteroatoms. The summed E-state index contributed by atoms with van der Waals surface area (Å²) in [6.07, 6.45) is 3.94. The average molecular weight is 865 g/mol. The number of nitrogens with zero attached hydrogens (tertiary/aromatic N) is 4. The zero-order valence-corrected chi connectivity index (χ0v) is 36.7. The Kier molecular flexibility index (Phi) is 13.7. The third-order valence-corrected chi connectivity index (χ3v) is 11.1. The Morgan fingerprint density at radius 3 is 2.33 bits per heavy atom. The zero-order valence-electron chi connectivity index (χ0n) is 36.7. The summed E-state index contributed by atoms with van der Waals surface area (Å²) in [5.41, 5.74) is 6.47. The minimum absolute atomic E-state index is 0.0677. The first-order chi connectivity index (χ1) is 30.3. The number of fused-ring (bicyclic) bond motifs is 3. The number of ether oxygens (including phenoxy) is 4. The summed E-state index contributed by atoms with van der Waals surface area (Å²) in [4.78, 5) is 68.8. The minimum Gasteiger partial charge on any atom is -0.481 e. The third-order valence-electron chi connectivity index (χ3n) is 11.1. The maximum Gasteiger partial charge on any atom is 0.443 e. The number of aryl methyl sites for hydroxylation is 2. The summed E-state index contributed by atoms with van der Waals surface area (Å²) >= 11 is 0. The van der Waals surface area contributed by atoms with E-state index in [1.807, 2.05) is 51.1 Å². The van der Waals surface area contributed by atoms with E-state index in [4.69, 9.17) is 23.8 Å². The lowest BCUT2D eigenvalue weighted by Gasteiger charge is -2.32. The van der Waals surface area contributed by atoms with Crippen molar-refractivity contribution in [2.75, 3.05) is 67.9 Å². The lowest BCUT2D eigenvalue weighted by Crippen LogP contribution is -2.39. The predicted molar refractivity (Wildman–Crippen MR) is 237 cm³/mol. The number of methoxy groups -OCH3 is 2. The Morgan fingerprint density at radius 2 is 1.59 bits per heavy atom. The second kappa shape index (κ2) is 19.5. The SMILES string of the molecule is CCOC(=O)N(CC1CCCc2cc(N3C(=O)CNc4ccc(OC)nc43)ccc21)OC(=O)CNc1ccc(OC)nc1Nc1ccc2c(c1)CCCC2CNC(=O)OC(C)(C)C. The Balaban J connectivity index is 1.02. The first-order valence-corrected chi connectivity index (χ1v) is 21.4. The number of rotatable bonds is 13. The monoisotopic (exact) mass is 864 g/mol. The molecule has 334 valence electrons. The van der Waals surface area contributed by atoms with Crippen LogP contribution in [0.15, 0.2) is 60.7 Å². The van der Waals surface area contributed by atoms with Crippen LogP contribution in [0.1, 0.15) is 87.5 Å². The zero-order chi connectivity index (χ0) is 44.7. The molecule has 17 nitrogen and oxygen atoms in total. The van der Waals surface area contributed by atoms with Crippen molar-refractivity contribution in [1.82, 2.24) is 20.3 Å². The Labute approximate surface area is 367 Å². The predicted octanol–water partition coefficient (Wildman–Crippen LogP) is 7.72. The van der Waals surface area contributed by atoms with Crippen LogP contribution >= 0.6 is 0 Å². The smallest absolute Gasteiger partial charge is 0.443 e. The van der Waals surface area contributed by atoms with E-state index >= 15 is 0 Å². The molecular formula is C46H56N8O9. The van der Waals surface area contributed by atoms with Gasteiger partial charge in [0.2, 0.25) is 11.8 Å². The van der Waals surface area contributed by atoms with Crippen molar-refractivity contribution < 1.29 is 43.0 Å². The highest BCUT2D eigenvalue weighted by molar-refractivity contribution is 6.07. The molecule has 2 aromatic heterocycles. The van der Waals surface area contributed by atoms with Gasteiger partial charge in [0.25, 0.3) is 5.91 Å². The van der Waals surface area contributed by atoms with E-state index in [0.29, 0.717) is 41.3 Å². The molecule has 0 saturated heterocycles. The van der Waals surface area contributed by atoms with Gasteiger partial charge in [0.05, 0.1) is 51.0 Å². The summed E-state index contributed by atoms with van der Waals surface area (Å²) < 4.78 is 21.5. The maximum absolute atomic E-state index is 13.5. The van der Waals surface area contributed by atoms with Crippen LogP contribution < -0.4 is 35.6 Å². The van der Waals surface area contributed by atoms with E-state index in [9.17, 15) is 19.2 Å². The standard InChI is InChI=1S/C46H56N8O9/c1-7-61-45(58)53(27-31-13-9-11-29-23-33(15-17-35(29)31)54-40(55)25-47-37-19-21-39(60-6)52-43(37)54)63-41(56)26-48-36-18-20-38(59-5)51-42(36)50-32-14-16-34-28(22-32)10-8-12-30(34)24-49-44(57)62-46(2,3)4/h14-23,30-31,47-48H,7-13,24-27H2,1-6H3,(H,49,57)(H,50,51). The highest BCUT2D eigenvalue weighted by Gasteiger charge is 2.32. The normalized spacial score (nSPS) is 16.5. The van der Waals surface area contributed by atoms with Gasteiger partial charge in [0, 0.05) is 36.2 Å². The van der Waals surface area contributed by atoms with Crippen LogP contribution in [-0.2, 0) is 36.7 Å². The van der Waals surface area contributed by atoms with Crippen molar-refractivity contribution in [2.45, 2.75) is 83.7 Å². The molecule has 0 spiro atoms. The molecule has 63 heavy (non-hydrogen) atoms. The molecule has 0 bridgehead atoms. The van der Waals surface area contributed by atoms with Crippen LogP contribution in [0.3, 0.4) is 0 Å². The average Bonchev–Trinajstić information content (AvgIpc) is 3.26. The molecule has 3 amide bonds. The van der Waals surface area contributed by atoms with Crippen molar-refractivity contribution in [1.29, 1.82) is 0 Å². The Bertz CT molecular complexity index is 2330. The van der Waals surface area contributed by atoms with Gasteiger partial charge in [0.1, 0.15) is 12.1 Å². The number of hydroxylamine groups is 2. The van der Waals surface area contributed by atoms with Gasteiger partial charge in [-0.3, -0.25) is 9.69 Å². The molecule has 0 fully saturated rings. The van der Waals surface area contributed by atoms with Crippen molar-refractivity contribution in [3.05, 3.63) is 82.9 Å². The van der Waals surface area contributed by atoms with Gasteiger partial charge in [-0.05, 0) is 125 Å². The molecule has 2 unspecified atom stereocenters. The maximum atomic E-state index is 13.5. The van der Waals surface area contributed by atoms with Crippen LogP contribution in [0.2, 0.25) is 0 Å². The van der Waals surface area contributed by atoms with E-state index < -0.39 is 23.8 Å². The lowest BCUT2D eigenvalue weighted by atomic mass is 9.82. The van der Waals surface area contributed by atoms with Gasteiger partial charge in [-0.15, -0.1) is 5.06 Å². The number of aromatic nitrogens is 2. The number of pyridine rings is 2. The van der Waals surface area contributed by atoms with Crippen LogP contribution in [0.25, 0.3) is 0 Å². The fourth-order valence-corrected chi connectivity index (χ4v) is 8.24. The number of amides is 3. The Morgan fingerprint density at radius 1 is 0.889 bits per heavy atom. The molecule has 7 rings (SSSR count). The van der Waals surface area contributed by atoms with Crippen LogP contribution in [0.4, 0.5) is 44.0 Å². The van der Waals surface area contributed by atoms with Crippen molar-refractivity contribution >= 4 is 58.4 Å². The highest BCUT2D eigenvalue weighted by atomic mass is 16.8. The summed E-state index contributed by atoms with van der Waals surface area (Å²) in [6, 6.07) is 18.9. The molecule has 1 aliphatic heterocycles. The van der Waals surface area contributed by atoms with E-state index in [2.05, 4.69) is 43.4 Å². The van der Waals surface area contributed by atoms with E-state index in [1.165, 1.54) is 25.3 Å². The quantitative estimate of drug-likeness (QED) is 0.0954. The largest absolute Gasteiger partial charge is 0.481 e. The summed E-state index contributed by atoms with van der Waals surface area (Å²) in [5.74, 6) is 0.746. The topological polar surface area (TPSA) is 195 Å². The molecule has 2 atom stereocenters. The number of anilines is 6. The van der Waals surface area contributed by atoms with E-state index in [-0.39, 0.29) is 44.0 Å². The van der Waals surface area contributed by atoms with Gasteiger partial charge in [0.15, 0.2) is 11.6 Å². The molecular weight excluding hydrogens is 809 g/mol.